The summed E-state index contributed by atoms with van der Waals surface area (Å²) in [5.74, 6) is 1.23. The van der Waals surface area contributed by atoms with Crippen LogP contribution in [0.3, 0.4) is 0 Å². The van der Waals surface area contributed by atoms with Gasteiger partial charge in [-0.3, -0.25) is 4.68 Å². The first kappa shape index (κ1) is 21.7. The number of hydrogen-bond acceptors (Lipinski definition) is 5. The topological polar surface area (TPSA) is 63.5 Å². The van der Waals surface area contributed by atoms with Gasteiger partial charge in [0.25, 0.3) is 0 Å². The van der Waals surface area contributed by atoms with Crippen molar-refractivity contribution in [2.45, 2.75) is 59.0 Å². The summed E-state index contributed by atoms with van der Waals surface area (Å²) in [7, 11) is 1.94. The SMILES string of the molecule is Cn1ccc(-c2cc(N3CCC(C)(C)C3)ncc2C2CCN(C(=O)OC(C)(C)C)C2)n1. The number of ether oxygens (including phenoxy) is 1. The molecule has 7 heteroatoms. The second kappa shape index (κ2) is 7.84. The number of carbonyl (C=O) groups excluding carboxylic acids is 1. The van der Waals surface area contributed by atoms with Crippen molar-refractivity contribution < 1.29 is 9.53 Å². The number of nitrogens with zero attached hydrogens (tertiary/aromatic N) is 5. The molecule has 0 saturated carbocycles. The van der Waals surface area contributed by atoms with Crippen molar-refractivity contribution in [3.05, 3.63) is 30.1 Å². The Morgan fingerprint density at radius 2 is 2.03 bits per heavy atom. The van der Waals surface area contributed by atoms with Crippen LogP contribution in [0.2, 0.25) is 0 Å². The van der Waals surface area contributed by atoms with E-state index in [-0.39, 0.29) is 12.0 Å². The molecule has 2 fully saturated rings. The summed E-state index contributed by atoms with van der Waals surface area (Å²) in [6.07, 6.45) is 5.81. The molecule has 0 spiro atoms. The molecule has 31 heavy (non-hydrogen) atoms. The first-order valence-electron chi connectivity index (χ1n) is 11.2. The largest absolute Gasteiger partial charge is 0.444 e. The van der Waals surface area contributed by atoms with E-state index < -0.39 is 5.60 Å². The van der Waals surface area contributed by atoms with E-state index in [0.717, 1.165) is 42.1 Å². The van der Waals surface area contributed by atoms with Gasteiger partial charge < -0.3 is 14.5 Å². The summed E-state index contributed by atoms with van der Waals surface area (Å²) in [5, 5.41) is 4.68. The van der Waals surface area contributed by atoms with E-state index in [1.807, 2.05) is 49.8 Å². The van der Waals surface area contributed by atoms with E-state index in [2.05, 4.69) is 36.0 Å². The molecule has 168 valence electrons. The van der Waals surface area contributed by atoms with Crippen LogP contribution < -0.4 is 4.90 Å². The van der Waals surface area contributed by atoms with Gasteiger partial charge in [-0.05, 0) is 56.7 Å². The highest BCUT2D eigenvalue weighted by atomic mass is 16.6. The van der Waals surface area contributed by atoms with Crippen LogP contribution in [0.25, 0.3) is 11.3 Å². The Balaban J connectivity index is 1.61. The number of hydrogen-bond donors (Lipinski definition) is 0. The number of anilines is 1. The average Bonchev–Trinajstić information content (AvgIpc) is 3.39. The molecule has 2 aliphatic heterocycles. The van der Waals surface area contributed by atoms with Crippen LogP contribution in [0.4, 0.5) is 10.6 Å². The fraction of sp³-hybridized carbons (Fsp3) is 0.625. The lowest BCUT2D eigenvalue weighted by molar-refractivity contribution is 0.0292. The van der Waals surface area contributed by atoms with E-state index in [1.165, 1.54) is 6.42 Å². The predicted octanol–water partition coefficient (Wildman–Crippen LogP) is 4.44. The van der Waals surface area contributed by atoms with E-state index in [4.69, 9.17) is 9.72 Å². The molecule has 1 atom stereocenters. The van der Waals surface area contributed by atoms with Crippen molar-refractivity contribution in [2.75, 3.05) is 31.1 Å². The maximum absolute atomic E-state index is 12.6. The molecular weight excluding hydrogens is 390 g/mol. The Kier molecular flexibility index (Phi) is 5.48. The normalized spacial score (nSPS) is 21.0. The second-order valence-corrected chi connectivity index (χ2v) is 10.8. The standard InChI is InChI=1S/C24H35N5O2/c1-23(2,3)31-22(30)28-11-7-17(15-28)19-14-25-21(29-12-9-24(4,5)16-29)13-18(19)20-8-10-27(6)26-20/h8,10,13-14,17H,7,9,11-12,15-16H2,1-6H3. The molecule has 0 N–H and O–H groups in total. The molecule has 1 unspecified atom stereocenters. The smallest absolute Gasteiger partial charge is 0.410 e. The van der Waals surface area contributed by atoms with Crippen LogP contribution in [-0.4, -0.2) is 57.5 Å². The van der Waals surface area contributed by atoms with E-state index in [9.17, 15) is 4.79 Å². The van der Waals surface area contributed by atoms with Crippen LogP contribution in [0.15, 0.2) is 24.5 Å². The van der Waals surface area contributed by atoms with Crippen molar-refractivity contribution >= 4 is 11.9 Å². The van der Waals surface area contributed by atoms with Gasteiger partial charge in [0.2, 0.25) is 0 Å². The summed E-state index contributed by atoms with van der Waals surface area (Å²) in [4.78, 5) is 21.6. The van der Waals surface area contributed by atoms with Crippen molar-refractivity contribution in [3.63, 3.8) is 0 Å². The lowest BCUT2D eigenvalue weighted by atomic mass is 9.93. The van der Waals surface area contributed by atoms with E-state index in [1.54, 1.807) is 0 Å². The fourth-order valence-corrected chi connectivity index (χ4v) is 4.55. The van der Waals surface area contributed by atoms with Gasteiger partial charge in [-0.15, -0.1) is 0 Å². The Hall–Kier alpha value is -2.57. The Bertz CT molecular complexity index is 959. The number of aryl methyl sites for hydroxylation is 1. The number of likely N-dealkylation sites (tertiary alicyclic amines) is 1. The Labute approximate surface area is 185 Å². The summed E-state index contributed by atoms with van der Waals surface area (Å²) < 4.78 is 7.41. The van der Waals surface area contributed by atoms with Gasteiger partial charge in [0.15, 0.2) is 0 Å². The highest BCUT2D eigenvalue weighted by Gasteiger charge is 2.34. The molecule has 2 aromatic heterocycles. The summed E-state index contributed by atoms with van der Waals surface area (Å²) in [5.41, 5.74) is 3.06. The highest BCUT2D eigenvalue weighted by molar-refractivity contribution is 5.70. The number of rotatable bonds is 3. The van der Waals surface area contributed by atoms with Gasteiger partial charge in [0.1, 0.15) is 11.4 Å². The van der Waals surface area contributed by atoms with E-state index in [0.29, 0.717) is 18.5 Å². The third kappa shape index (κ3) is 4.86. The minimum absolute atomic E-state index is 0.223. The lowest BCUT2D eigenvalue weighted by Gasteiger charge is -2.25. The predicted molar refractivity (Wildman–Crippen MR) is 122 cm³/mol. The van der Waals surface area contributed by atoms with Gasteiger partial charge in [-0.25, -0.2) is 9.78 Å². The fourth-order valence-electron chi connectivity index (χ4n) is 4.55. The number of aromatic nitrogens is 3. The van der Waals surface area contributed by atoms with Crippen LogP contribution >= 0.6 is 0 Å². The molecule has 0 aromatic carbocycles. The first-order valence-corrected chi connectivity index (χ1v) is 11.2. The van der Waals surface area contributed by atoms with Crippen LogP contribution in [0, 0.1) is 5.41 Å². The maximum Gasteiger partial charge on any atom is 0.410 e. The average molecular weight is 426 g/mol. The van der Waals surface area contributed by atoms with Gasteiger partial charge in [-0.2, -0.15) is 5.10 Å². The molecule has 1 amide bonds. The Morgan fingerprint density at radius 3 is 2.65 bits per heavy atom. The van der Waals surface area contributed by atoms with Crippen molar-refractivity contribution in [2.24, 2.45) is 12.5 Å². The van der Waals surface area contributed by atoms with Gasteiger partial charge in [0, 0.05) is 57.1 Å². The van der Waals surface area contributed by atoms with Gasteiger partial charge >= 0.3 is 6.09 Å². The first-order chi connectivity index (χ1) is 14.5. The van der Waals surface area contributed by atoms with Crippen molar-refractivity contribution in [1.29, 1.82) is 0 Å². The number of carbonyl (C=O) groups is 1. The summed E-state index contributed by atoms with van der Waals surface area (Å²) >= 11 is 0. The van der Waals surface area contributed by atoms with E-state index >= 15 is 0 Å². The van der Waals surface area contributed by atoms with Crippen LogP contribution in [-0.2, 0) is 11.8 Å². The lowest BCUT2D eigenvalue weighted by Crippen LogP contribution is -2.35. The zero-order chi connectivity index (χ0) is 22.4. The molecule has 2 aliphatic rings. The van der Waals surface area contributed by atoms with Gasteiger partial charge in [-0.1, -0.05) is 13.8 Å². The monoisotopic (exact) mass is 425 g/mol. The minimum atomic E-state index is -0.485. The molecule has 0 radical (unpaired) electrons. The van der Waals surface area contributed by atoms with Gasteiger partial charge in [0.05, 0.1) is 5.69 Å². The zero-order valence-electron chi connectivity index (χ0n) is 19.7. The molecule has 2 aromatic rings. The number of pyridine rings is 1. The highest BCUT2D eigenvalue weighted by Crippen LogP contribution is 2.38. The van der Waals surface area contributed by atoms with Crippen LogP contribution in [0.1, 0.15) is 58.9 Å². The van der Waals surface area contributed by atoms with Crippen molar-refractivity contribution in [3.8, 4) is 11.3 Å². The maximum atomic E-state index is 12.6. The molecule has 4 rings (SSSR count). The number of amides is 1. The Morgan fingerprint density at radius 1 is 1.26 bits per heavy atom. The molecule has 0 aliphatic carbocycles. The minimum Gasteiger partial charge on any atom is -0.444 e. The van der Waals surface area contributed by atoms with Crippen LogP contribution in [0.5, 0.6) is 0 Å². The quantitative estimate of drug-likeness (QED) is 0.727. The van der Waals surface area contributed by atoms with Crippen molar-refractivity contribution in [1.82, 2.24) is 19.7 Å². The molecule has 2 saturated heterocycles. The third-order valence-electron chi connectivity index (χ3n) is 6.19. The summed E-state index contributed by atoms with van der Waals surface area (Å²) in [6, 6.07) is 4.24. The molecule has 0 bridgehead atoms. The third-order valence-corrected chi connectivity index (χ3v) is 6.19. The zero-order valence-corrected chi connectivity index (χ0v) is 19.7. The molecule has 7 nitrogen and oxygen atoms in total. The summed E-state index contributed by atoms with van der Waals surface area (Å²) in [6.45, 7) is 13.7. The molecule has 4 heterocycles. The second-order valence-electron chi connectivity index (χ2n) is 10.8. The molecular formula is C24H35N5O2.